The van der Waals surface area contributed by atoms with E-state index in [1.165, 1.54) is 24.3 Å². The third-order valence-corrected chi connectivity index (χ3v) is 4.77. The molecule has 0 aliphatic heterocycles. The first kappa shape index (κ1) is 17.4. The minimum absolute atomic E-state index is 0.0670. The Kier molecular flexibility index (Phi) is 6.13. The summed E-state index contributed by atoms with van der Waals surface area (Å²) in [6, 6.07) is 5.35. The van der Waals surface area contributed by atoms with E-state index in [0.717, 1.165) is 4.31 Å². The van der Waals surface area contributed by atoms with Crippen LogP contribution >= 0.6 is 11.6 Å². The molecule has 0 aliphatic carbocycles. The number of nitrogens with zero attached hydrogens (tertiary/aromatic N) is 1. The fourth-order valence-electron chi connectivity index (χ4n) is 1.55. The SMILES string of the molecule is O=C(O)CCN(CCC(=O)O)S(=O)(=O)c1ccc(Cl)cc1. The van der Waals surface area contributed by atoms with Gasteiger partial charge in [-0.3, -0.25) is 9.59 Å². The number of halogens is 1. The van der Waals surface area contributed by atoms with Crippen LogP contribution in [0.4, 0.5) is 0 Å². The van der Waals surface area contributed by atoms with Gasteiger partial charge >= 0.3 is 11.9 Å². The predicted octanol–water partition coefficient (Wildman–Crippen LogP) is 1.28. The third-order valence-electron chi connectivity index (χ3n) is 2.60. The Morgan fingerprint density at radius 3 is 1.81 bits per heavy atom. The van der Waals surface area contributed by atoms with Crippen molar-refractivity contribution in [1.82, 2.24) is 4.31 Å². The number of hydrogen-bond donors (Lipinski definition) is 2. The van der Waals surface area contributed by atoms with E-state index in [1.54, 1.807) is 0 Å². The van der Waals surface area contributed by atoms with Gasteiger partial charge in [-0.2, -0.15) is 4.31 Å². The fourth-order valence-corrected chi connectivity index (χ4v) is 3.12. The van der Waals surface area contributed by atoms with Crippen molar-refractivity contribution in [2.24, 2.45) is 0 Å². The van der Waals surface area contributed by atoms with Gasteiger partial charge in [0.15, 0.2) is 0 Å². The molecule has 0 saturated carbocycles. The summed E-state index contributed by atoms with van der Waals surface area (Å²) in [6.07, 6.45) is -0.821. The van der Waals surface area contributed by atoms with Crippen LogP contribution in [0.3, 0.4) is 0 Å². The zero-order valence-corrected chi connectivity index (χ0v) is 12.5. The van der Waals surface area contributed by atoms with E-state index >= 15 is 0 Å². The van der Waals surface area contributed by atoms with Crippen molar-refractivity contribution in [2.75, 3.05) is 13.1 Å². The van der Waals surface area contributed by atoms with Crippen molar-refractivity contribution in [3.05, 3.63) is 29.3 Å². The molecule has 0 radical (unpaired) electrons. The summed E-state index contributed by atoms with van der Waals surface area (Å²) in [5, 5.41) is 17.7. The number of aliphatic carboxylic acids is 2. The molecule has 0 aliphatic rings. The molecule has 9 heteroatoms. The van der Waals surface area contributed by atoms with Crippen LogP contribution in [-0.2, 0) is 19.6 Å². The van der Waals surface area contributed by atoms with Gasteiger partial charge in [0.05, 0.1) is 17.7 Å². The highest BCUT2D eigenvalue weighted by Crippen LogP contribution is 2.19. The first-order valence-corrected chi connectivity index (χ1v) is 7.74. The molecule has 21 heavy (non-hydrogen) atoms. The third kappa shape index (κ3) is 5.33. The Morgan fingerprint density at radius 2 is 1.43 bits per heavy atom. The minimum Gasteiger partial charge on any atom is -0.481 e. The lowest BCUT2D eigenvalue weighted by molar-refractivity contribution is -0.137. The molecule has 116 valence electrons. The second-order valence-corrected chi connectivity index (χ2v) is 6.52. The maximum absolute atomic E-state index is 12.4. The Hall–Kier alpha value is -1.64. The second kappa shape index (κ2) is 7.39. The number of sulfonamides is 1. The van der Waals surface area contributed by atoms with Gasteiger partial charge in [-0.25, -0.2) is 8.42 Å². The molecule has 0 heterocycles. The molecular formula is C12H14ClNO6S. The molecule has 7 nitrogen and oxygen atoms in total. The molecule has 0 unspecified atom stereocenters. The van der Waals surface area contributed by atoms with Crippen LogP contribution in [0, 0.1) is 0 Å². The van der Waals surface area contributed by atoms with Gasteiger partial charge in [0.25, 0.3) is 0 Å². The van der Waals surface area contributed by atoms with Crippen molar-refractivity contribution in [3.8, 4) is 0 Å². The predicted molar refractivity (Wildman–Crippen MR) is 74.7 cm³/mol. The molecule has 0 amide bonds. The Bertz CT molecular complexity index is 595. The van der Waals surface area contributed by atoms with E-state index in [2.05, 4.69) is 0 Å². The molecule has 2 N–H and O–H groups in total. The maximum atomic E-state index is 12.4. The number of rotatable bonds is 8. The van der Waals surface area contributed by atoms with E-state index in [0.29, 0.717) is 5.02 Å². The van der Waals surface area contributed by atoms with E-state index in [1.807, 2.05) is 0 Å². The monoisotopic (exact) mass is 335 g/mol. The molecule has 0 saturated heterocycles. The number of carboxylic acids is 2. The lowest BCUT2D eigenvalue weighted by Gasteiger charge is -2.20. The lowest BCUT2D eigenvalue weighted by atomic mass is 10.4. The Labute approximate surface area is 126 Å². The van der Waals surface area contributed by atoms with Crippen LogP contribution in [0.5, 0.6) is 0 Å². The molecule has 0 bridgehead atoms. The van der Waals surface area contributed by atoms with Gasteiger partial charge in [-0.05, 0) is 24.3 Å². The van der Waals surface area contributed by atoms with E-state index < -0.39 is 34.8 Å². The minimum atomic E-state index is -3.96. The highest BCUT2D eigenvalue weighted by Gasteiger charge is 2.25. The number of benzene rings is 1. The molecular weight excluding hydrogens is 322 g/mol. The molecule has 1 rings (SSSR count). The standard InChI is InChI=1S/C12H14ClNO6S/c13-9-1-3-10(4-2-9)21(19,20)14(7-5-11(15)16)8-6-12(17)18/h1-4H,5-8H2,(H,15,16)(H,17,18). The molecule has 0 aromatic heterocycles. The van der Waals surface area contributed by atoms with Crippen LogP contribution in [0.25, 0.3) is 0 Å². The van der Waals surface area contributed by atoms with Crippen LogP contribution in [0.1, 0.15) is 12.8 Å². The van der Waals surface area contributed by atoms with Gasteiger partial charge in [-0.15, -0.1) is 0 Å². The summed E-state index contributed by atoms with van der Waals surface area (Å²) >= 11 is 5.68. The summed E-state index contributed by atoms with van der Waals surface area (Å²) in [5.41, 5.74) is 0. The van der Waals surface area contributed by atoms with Crippen LogP contribution < -0.4 is 0 Å². The van der Waals surface area contributed by atoms with Crippen LogP contribution in [0.15, 0.2) is 29.2 Å². The first-order valence-electron chi connectivity index (χ1n) is 5.93. The second-order valence-electron chi connectivity index (χ2n) is 4.15. The van der Waals surface area contributed by atoms with Crippen LogP contribution in [0.2, 0.25) is 5.02 Å². The van der Waals surface area contributed by atoms with Gasteiger partial charge in [0.2, 0.25) is 10.0 Å². The van der Waals surface area contributed by atoms with E-state index in [9.17, 15) is 18.0 Å². The quantitative estimate of drug-likeness (QED) is 0.740. The average molecular weight is 336 g/mol. The number of carboxylic acid groups (broad SMARTS) is 2. The fraction of sp³-hybridized carbons (Fsp3) is 0.333. The van der Waals surface area contributed by atoms with Crippen LogP contribution in [-0.4, -0.2) is 48.0 Å². The molecule has 0 fully saturated rings. The molecule has 0 spiro atoms. The topological polar surface area (TPSA) is 112 Å². The molecule has 0 atom stereocenters. The zero-order chi connectivity index (χ0) is 16.0. The van der Waals surface area contributed by atoms with E-state index in [-0.39, 0.29) is 18.0 Å². The maximum Gasteiger partial charge on any atom is 0.304 e. The van der Waals surface area contributed by atoms with Crippen molar-refractivity contribution in [3.63, 3.8) is 0 Å². The Balaban J connectivity index is 3.00. The highest BCUT2D eigenvalue weighted by molar-refractivity contribution is 7.89. The van der Waals surface area contributed by atoms with Gasteiger partial charge < -0.3 is 10.2 Å². The number of hydrogen-bond acceptors (Lipinski definition) is 4. The molecule has 1 aromatic carbocycles. The Morgan fingerprint density at radius 1 is 1.00 bits per heavy atom. The average Bonchev–Trinajstić information content (AvgIpc) is 2.38. The van der Waals surface area contributed by atoms with Gasteiger partial charge in [0, 0.05) is 18.1 Å². The van der Waals surface area contributed by atoms with E-state index in [4.69, 9.17) is 21.8 Å². The lowest BCUT2D eigenvalue weighted by Crippen LogP contribution is -2.34. The van der Waals surface area contributed by atoms with Crippen molar-refractivity contribution < 1.29 is 28.2 Å². The zero-order valence-electron chi connectivity index (χ0n) is 10.9. The van der Waals surface area contributed by atoms with Crippen molar-refractivity contribution in [1.29, 1.82) is 0 Å². The normalized spacial score (nSPS) is 11.5. The van der Waals surface area contributed by atoms with Gasteiger partial charge in [0.1, 0.15) is 0 Å². The number of carbonyl (C=O) groups is 2. The largest absolute Gasteiger partial charge is 0.481 e. The first-order chi connectivity index (χ1) is 9.73. The van der Waals surface area contributed by atoms with Crippen molar-refractivity contribution in [2.45, 2.75) is 17.7 Å². The summed E-state index contributed by atoms with van der Waals surface area (Å²) in [5.74, 6) is -2.33. The summed E-state index contributed by atoms with van der Waals surface area (Å²) < 4.78 is 25.6. The summed E-state index contributed by atoms with van der Waals surface area (Å²) in [6.45, 7) is -0.596. The van der Waals surface area contributed by atoms with Crippen molar-refractivity contribution >= 4 is 33.6 Å². The molecule has 1 aromatic rings. The summed E-state index contributed by atoms with van der Waals surface area (Å²) in [7, 11) is -3.96. The summed E-state index contributed by atoms with van der Waals surface area (Å²) in [4.78, 5) is 21.1. The highest BCUT2D eigenvalue weighted by atomic mass is 35.5. The smallest absolute Gasteiger partial charge is 0.304 e. The van der Waals surface area contributed by atoms with Gasteiger partial charge in [-0.1, -0.05) is 11.6 Å².